The molecule has 0 radical (unpaired) electrons. The second kappa shape index (κ2) is 4.17. The standard InChI is InChI=1S/C8H5F2IO4/c9-8(10,7(13)14)15-6-3-4(12)1-2-5(6)11/h1-3,12H,(H,13,14). The van der Waals surface area contributed by atoms with E-state index < -0.39 is 12.1 Å². The van der Waals surface area contributed by atoms with Crippen LogP contribution < -0.4 is 4.74 Å². The predicted octanol–water partition coefficient (Wildman–Crippen LogP) is 2.05. The molecule has 0 atom stereocenters. The lowest BCUT2D eigenvalue weighted by Crippen LogP contribution is -2.35. The fourth-order valence-electron chi connectivity index (χ4n) is 0.752. The zero-order valence-corrected chi connectivity index (χ0v) is 9.23. The largest absolute Gasteiger partial charge is 0.508 e. The summed E-state index contributed by atoms with van der Waals surface area (Å²) in [6.45, 7) is 0. The molecule has 0 saturated carbocycles. The van der Waals surface area contributed by atoms with Crippen molar-refractivity contribution < 1.29 is 28.5 Å². The van der Waals surface area contributed by atoms with Gasteiger partial charge in [0.2, 0.25) is 0 Å². The van der Waals surface area contributed by atoms with Crippen LogP contribution in [-0.2, 0) is 4.79 Å². The maximum atomic E-state index is 12.6. The molecule has 0 fully saturated rings. The van der Waals surface area contributed by atoms with Crippen LogP contribution >= 0.6 is 22.6 Å². The molecule has 0 aliphatic carbocycles. The Morgan fingerprint density at radius 2 is 2.07 bits per heavy atom. The van der Waals surface area contributed by atoms with Gasteiger partial charge in [0, 0.05) is 6.07 Å². The van der Waals surface area contributed by atoms with Gasteiger partial charge in [0.15, 0.2) is 0 Å². The van der Waals surface area contributed by atoms with Crippen LogP contribution in [0.5, 0.6) is 11.5 Å². The fourth-order valence-corrected chi connectivity index (χ4v) is 1.20. The third-order valence-electron chi connectivity index (χ3n) is 1.40. The van der Waals surface area contributed by atoms with E-state index in [0.717, 1.165) is 6.07 Å². The van der Waals surface area contributed by atoms with Crippen LogP contribution in [0.3, 0.4) is 0 Å². The molecule has 0 spiro atoms. The molecule has 1 rings (SSSR count). The third kappa shape index (κ3) is 2.91. The van der Waals surface area contributed by atoms with Crippen molar-refractivity contribution >= 4 is 28.6 Å². The highest BCUT2D eigenvalue weighted by Crippen LogP contribution is 2.30. The van der Waals surface area contributed by atoms with Crippen LogP contribution in [0.2, 0.25) is 0 Å². The number of ether oxygens (including phenoxy) is 1. The Morgan fingerprint density at radius 3 is 2.60 bits per heavy atom. The van der Waals surface area contributed by atoms with Crippen molar-refractivity contribution in [1.82, 2.24) is 0 Å². The van der Waals surface area contributed by atoms with Gasteiger partial charge >= 0.3 is 12.1 Å². The number of hydrogen-bond donors (Lipinski definition) is 2. The van der Waals surface area contributed by atoms with Crippen molar-refractivity contribution in [3.63, 3.8) is 0 Å². The van der Waals surface area contributed by atoms with E-state index in [2.05, 4.69) is 4.74 Å². The summed E-state index contributed by atoms with van der Waals surface area (Å²) in [7, 11) is 0. The van der Waals surface area contributed by atoms with Crippen LogP contribution in [0, 0.1) is 3.57 Å². The van der Waals surface area contributed by atoms with Crippen molar-refractivity contribution in [3.05, 3.63) is 21.8 Å². The van der Waals surface area contributed by atoms with Gasteiger partial charge in [-0.05, 0) is 34.7 Å². The Morgan fingerprint density at radius 1 is 1.47 bits per heavy atom. The lowest BCUT2D eigenvalue weighted by molar-refractivity contribution is -0.211. The average Bonchev–Trinajstić information content (AvgIpc) is 2.10. The number of aliphatic carboxylic acids is 1. The molecule has 0 heterocycles. The first-order valence-corrected chi connectivity index (χ1v) is 4.69. The maximum absolute atomic E-state index is 12.6. The Labute approximate surface area is 96.6 Å². The fraction of sp³-hybridized carbons (Fsp3) is 0.125. The average molecular weight is 330 g/mol. The molecule has 82 valence electrons. The number of rotatable bonds is 3. The van der Waals surface area contributed by atoms with Crippen LogP contribution in [-0.4, -0.2) is 22.3 Å². The third-order valence-corrected chi connectivity index (χ3v) is 2.29. The van der Waals surface area contributed by atoms with Crippen molar-refractivity contribution in [1.29, 1.82) is 0 Å². The number of aromatic hydroxyl groups is 1. The lowest BCUT2D eigenvalue weighted by Gasteiger charge is -2.14. The minimum Gasteiger partial charge on any atom is -0.508 e. The zero-order valence-electron chi connectivity index (χ0n) is 7.08. The molecule has 7 heteroatoms. The van der Waals surface area contributed by atoms with E-state index in [0.29, 0.717) is 0 Å². The first kappa shape index (κ1) is 12.0. The Kier molecular flexibility index (Phi) is 3.32. The number of halogens is 3. The quantitative estimate of drug-likeness (QED) is 0.833. The predicted molar refractivity (Wildman–Crippen MR) is 54.0 cm³/mol. The topological polar surface area (TPSA) is 66.8 Å². The van der Waals surface area contributed by atoms with Gasteiger partial charge < -0.3 is 14.9 Å². The molecule has 0 bridgehead atoms. The lowest BCUT2D eigenvalue weighted by atomic mass is 10.3. The molecule has 0 aliphatic rings. The SMILES string of the molecule is O=C(O)C(F)(F)Oc1cc(O)ccc1I. The van der Waals surface area contributed by atoms with Crippen LogP contribution in [0.25, 0.3) is 0 Å². The molecule has 1 aromatic rings. The van der Waals surface area contributed by atoms with Gasteiger partial charge in [0.1, 0.15) is 11.5 Å². The molecule has 2 N–H and O–H groups in total. The first-order chi connectivity index (χ1) is 6.83. The minimum atomic E-state index is -4.31. The number of carboxylic acids is 1. The van der Waals surface area contributed by atoms with E-state index in [1.807, 2.05) is 0 Å². The minimum absolute atomic E-state index is 0.270. The molecular weight excluding hydrogens is 325 g/mol. The highest BCUT2D eigenvalue weighted by Gasteiger charge is 2.42. The second-order valence-corrected chi connectivity index (χ2v) is 3.70. The molecule has 0 aromatic heterocycles. The van der Waals surface area contributed by atoms with Crippen molar-refractivity contribution in [2.24, 2.45) is 0 Å². The molecule has 4 nitrogen and oxygen atoms in total. The number of alkyl halides is 2. The summed E-state index contributed by atoms with van der Waals surface area (Å²) < 4.78 is 29.5. The van der Waals surface area contributed by atoms with E-state index in [1.54, 1.807) is 22.6 Å². The first-order valence-electron chi connectivity index (χ1n) is 3.61. The van der Waals surface area contributed by atoms with Gasteiger partial charge in [0.25, 0.3) is 0 Å². The Balaban J connectivity index is 2.99. The number of carboxylic acid groups (broad SMARTS) is 1. The normalized spacial score (nSPS) is 11.1. The van der Waals surface area contributed by atoms with Crippen molar-refractivity contribution in [2.45, 2.75) is 6.11 Å². The van der Waals surface area contributed by atoms with E-state index >= 15 is 0 Å². The maximum Gasteiger partial charge on any atom is 0.501 e. The van der Waals surface area contributed by atoms with Gasteiger partial charge in [0.05, 0.1) is 3.57 Å². The van der Waals surface area contributed by atoms with Gasteiger partial charge in [-0.15, -0.1) is 0 Å². The number of phenolic OH excluding ortho intramolecular Hbond substituents is 1. The number of benzene rings is 1. The Bertz CT molecular complexity index is 394. The van der Waals surface area contributed by atoms with E-state index in [9.17, 15) is 13.6 Å². The van der Waals surface area contributed by atoms with Gasteiger partial charge in [-0.1, -0.05) is 0 Å². The molecule has 1 aromatic carbocycles. The monoisotopic (exact) mass is 330 g/mol. The molecule has 0 amide bonds. The van der Waals surface area contributed by atoms with Gasteiger partial charge in [-0.25, -0.2) is 4.79 Å². The molecule has 0 aliphatic heterocycles. The Hall–Kier alpha value is -1.12. The molecule has 0 unspecified atom stereocenters. The van der Waals surface area contributed by atoms with Gasteiger partial charge in [-0.2, -0.15) is 8.78 Å². The van der Waals surface area contributed by atoms with Crippen LogP contribution in [0.15, 0.2) is 18.2 Å². The van der Waals surface area contributed by atoms with E-state index in [1.165, 1.54) is 12.1 Å². The van der Waals surface area contributed by atoms with Crippen molar-refractivity contribution in [3.8, 4) is 11.5 Å². The summed E-state index contributed by atoms with van der Waals surface area (Å²) in [5.74, 6) is -3.06. The number of carbonyl (C=O) groups is 1. The second-order valence-electron chi connectivity index (χ2n) is 2.54. The number of phenols is 1. The molecule has 0 saturated heterocycles. The zero-order chi connectivity index (χ0) is 11.6. The van der Waals surface area contributed by atoms with Crippen LogP contribution in [0.1, 0.15) is 0 Å². The van der Waals surface area contributed by atoms with E-state index in [4.69, 9.17) is 10.2 Å². The highest BCUT2D eigenvalue weighted by atomic mass is 127. The van der Waals surface area contributed by atoms with Crippen molar-refractivity contribution in [2.75, 3.05) is 0 Å². The number of hydrogen-bond acceptors (Lipinski definition) is 3. The highest BCUT2D eigenvalue weighted by molar-refractivity contribution is 14.1. The van der Waals surface area contributed by atoms with E-state index in [-0.39, 0.29) is 15.1 Å². The summed E-state index contributed by atoms with van der Waals surface area (Å²) >= 11 is 1.68. The summed E-state index contributed by atoms with van der Waals surface area (Å²) in [4.78, 5) is 10.1. The summed E-state index contributed by atoms with van der Waals surface area (Å²) in [5.41, 5.74) is 0. The molecular formula is C8H5F2IO4. The smallest absolute Gasteiger partial charge is 0.501 e. The molecule has 15 heavy (non-hydrogen) atoms. The summed E-state index contributed by atoms with van der Waals surface area (Å²) in [5, 5.41) is 17.1. The van der Waals surface area contributed by atoms with Crippen LogP contribution in [0.4, 0.5) is 8.78 Å². The van der Waals surface area contributed by atoms with Gasteiger partial charge in [-0.3, -0.25) is 0 Å². The summed E-state index contributed by atoms with van der Waals surface area (Å²) in [6.07, 6.45) is -4.31. The summed E-state index contributed by atoms with van der Waals surface area (Å²) in [6, 6.07) is 3.51.